The largest absolute Gasteiger partial charge is 0.353 e. The molecular formula is C15H22N4O2S. The summed E-state index contributed by atoms with van der Waals surface area (Å²) in [5.74, 6) is 0.673. The molecule has 1 aromatic rings. The molecule has 0 saturated heterocycles. The Morgan fingerprint density at radius 1 is 1.32 bits per heavy atom. The van der Waals surface area contributed by atoms with Crippen LogP contribution in [0.15, 0.2) is 46.8 Å². The maximum Gasteiger partial charge on any atom is 0.240 e. The summed E-state index contributed by atoms with van der Waals surface area (Å²) in [5.41, 5.74) is 0.979. The van der Waals surface area contributed by atoms with Gasteiger partial charge in [0.1, 0.15) is 0 Å². The number of aliphatic imine (C=N–C) groups is 1. The Bertz CT molecular complexity index is 634. The van der Waals surface area contributed by atoms with Crippen molar-refractivity contribution >= 4 is 16.0 Å². The molecule has 2 rings (SSSR count). The van der Waals surface area contributed by atoms with Crippen molar-refractivity contribution in [2.75, 3.05) is 13.6 Å². The molecule has 6 nitrogen and oxygen atoms in total. The van der Waals surface area contributed by atoms with Crippen LogP contribution in [-0.2, 0) is 16.6 Å². The Labute approximate surface area is 131 Å². The highest BCUT2D eigenvalue weighted by Crippen LogP contribution is 2.22. The lowest BCUT2D eigenvalue weighted by molar-refractivity contribution is 0.581. The van der Waals surface area contributed by atoms with Gasteiger partial charge in [-0.25, -0.2) is 13.1 Å². The predicted molar refractivity (Wildman–Crippen MR) is 88.2 cm³/mol. The number of sulfonamides is 1. The zero-order valence-corrected chi connectivity index (χ0v) is 13.5. The number of nitrogens with one attached hydrogen (secondary N) is 3. The second kappa shape index (κ2) is 7.42. The van der Waals surface area contributed by atoms with Crippen LogP contribution in [0.4, 0.5) is 0 Å². The van der Waals surface area contributed by atoms with E-state index < -0.39 is 10.0 Å². The Hall–Kier alpha value is -1.86. The summed E-state index contributed by atoms with van der Waals surface area (Å²) >= 11 is 0. The minimum atomic E-state index is -3.38. The third-order valence-electron chi connectivity index (χ3n) is 3.23. The van der Waals surface area contributed by atoms with Gasteiger partial charge in [0.15, 0.2) is 5.96 Å². The van der Waals surface area contributed by atoms with Crippen molar-refractivity contribution < 1.29 is 8.42 Å². The normalized spacial score (nSPS) is 15.4. The van der Waals surface area contributed by atoms with Gasteiger partial charge in [-0.2, -0.15) is 0 Å². The molecule has 120 valence electrons. The SMILES string of the molecule is C=CCNC(=NC)NCc1ccc(S(=O)(=O)NC2CC2)cc1. The molecule has 0 amide bonds. The van der Waals surface area contributed by atoms with E-state index in [1.165, 1.54) is 0 Å². The highest BCUT2D eigenvalue weighted by atomic mass is 32.2. The van der Waals surface area contributed by atoms with Crippen LogP contribution in [0.3, 0.4) is 0 Å². The minimum absolute atomic E-state index is 0.116. The predicted octanol–water partition coefficient (Wildman–Crippen LogP) is 0.978. The number of hydrogen-bond donors (Lipinski definition) is 3. The molecule has 1 aliphatic rings. The first-order valence-electron chi connectivity index (χ1n) is 7.22. The van der Waals surface area contributed by atoms with Gasteiger partial charge >= 0.3 is 0 Å². The maximum absolute atomic E-state index is 12.1. The molecule has 0 spiro atoms. The van der Waals surface area contributed by atoms with Gasteiger partial charge in [0, 0.05) is 26.2 Å². The van der Waals surface area contributed by atoms with Crippen LogP contribution in [0, 0.1) is 0 Å². The van der Waals surface area contributed by atoms with Gasteiger partial charge in [-0.3, -0.25) is 4.99 Å². The fourth-order valence-corrected chi connectivity index (χ4v) is 3.16. The van der Waals surface area contributed by atoms with Crippen molar-refractivity contribution in [2.24, 2.45) is 4.99 Å². The summed E-state index contributed by atoms with van der Waals surface area (Å²) in [7, 11) is -1.69. The Kier molecular flexibility index (Phi) is 5.57. The summed E-state index contributed by atoms with van der Waals surface area (Å²) in [5, 5.41) is 6.22. The molecule has 1 aliphatic carbocycles. The monoisotopic (exact) mass is 322 g/mol. The molecule has 1 fully saturated rings. The lowest BCUT2D eigenvalue weighted by atomic mass is 10.2. The number of nitrogens with zero attached hydrogens (tertiary/aromatic N) is 1. The topological polar surface area (TPSA) is 82.6 Å². The fourth-order valence-electron chi connectivity index (χ4n) is 1.85. The summed E-state index contributed by atoms with van der Waals surface area (Å²) in [4.78, 5) is 4.38. The molecule has 0 unspecified atom stereocenters. The molecule has 0 aliphatic heterocycles. The van der Waals surface area contributed by atoms with Gasteiger partial charge in [0.05, 0.1) is 4.90 Å². The van der Waals surface area contributed by atoms with Gasteiger partial charge in [-0.05, 0) is 30.5 Å². The smallest absolute Gasteiger partial charge is 0.240 e. The van der Waals surface area contributed by atoms with E-state index in [9.17, 15) is 8.42 Å². The summed E-state index contributed by atoms with van der Waals surface area (Å²) in [6.07, 6.45) is 3.61. The average Bonchev–Trinajstić information content (AvgIpc) is 3.31. The van der Waals surface area contributed by atoms with Crippen LogP contribution < -0.4 is 15.4 Å². The molecule has 3 N–H and O–H groups in total. The number of guanidine groups is 1. The molecule has 1 aromatic carbocycles. The Morgan fingerprint density at radius 3 is 2.55 bits per heavy atom. The standard InChI is InChI=1S/C15H22N4O2S/c1-3-10-17-15(16-2)18-11-12-4-8-14(9-5-12)22(20,21)19-13-6-7-13/h3-5,8-9,13,19H,1,6-7,10-11H2,2H3,(H2,16,17,18). The fraction of sp³-hybridized carbons (Fsp3) is 0.400. The van der Waals surface area contributed by atoms with E-state index in [0.29, 0.717) is 23.9 Å². The molecule has 0 atom stereocenters. The van der Waals surface area contributed by atoms with Gasteiger partial charge < -0.3 is 10.6 Å². The van der Waals surface area contributed by atoms with E-state index >= 15 is 0 Å². The number of rotatable bonds is 7. The van der Waals surface area contributed by atoms with Crippen molar-refractivity contribution in [3.8, 4) is 0 Å². The molecule has 0 aromatic heterocycles. The Morgan fingerprint density at radius 2 is 2.00 bits per heavy atom. The second-order valence-electron chi connectivity index (χ2n) is 5.13. The highest BCUT2D eigenvalue weighted by Gasteiger charge is 2.27. The van der Waals surface area contributed by atoms with Crippen LogP contribution in [0.25, 0.3) is 0 Å². The maximum atomic E-state index is 12.1. The van der Waals surface area contributed by atoms with Crippen molar-refractivity contribution in [3.05, 3.63) is 42.5 Å². The summed E-state index contributed by atoms with van der Waals surface area (Å²) in [6, 6.07) is 6.97. The third kappa shape index (κ3) is 4.85. The molecule has 22 heavy (non-hydrogen) atoms. The summed E-state index contributed by atoms with van der Waals surface area (Å²) in [6.45, 7) is 4.83. The van der Waals surface area contributed by atoms with Crippen molar-refractivity contribution in [2.45, 2.75) is 30.3 Å². The van der Waals surface area contributed by atoms with Gasteiger partial charge in [-0.15, -0.1) is 6.58 Å². The molecule has 1 saturated carbocycles. The number of benzene rings is 1. The van der Waals surface area contributed by atoms with E-state index in [2.05, 4.69) is 26.9 Å². The number of hydrogen-bond acceptors (Lipinski definition) is 3. The van der Waals surface area contributed by atoms with Crippen LogP contribution in [-0.4, -0.2) is 34.0 Å². The average molecular weight is 322 g/mol. The Balaban J connectivity index is 1.92. The zero-order chi connectivity index (χ0) is 16.0. The van der Waals surface area contributed by atoms with Crippen molar-refractivity contribution in [3.63, 3.8) is 0 Å². The summed E-state index contributed by atoms with van der Waals surface area (Å²) < 4.78 is 26.8. The third-order valence-corrected chi connectivity index (χ3v) is 4.77. The van der Waals surface area contributed by atoms with E-state index in [1.807, 2.05) is 0 Å². The van der Waals surface area contributed by atoms with Crippen LogP contribution >= 0.6 is 0 Å². The van der Waals surface area contributed by atoms with Gasteiger partial charge in [0.25, 0.3) is 0 Å². The first kappa shape index (κ1) is 16.5. The van der Waals surface area contributed by atoms with E-state index in [0.717, 1.165) is 18.4 Å². The first-order chi connectivity index (χ1) is 10.5. The highest BCUT2D eigenvalue weighted by molar-refractivity contribution is 7.89. The zero-order valence-electron chi connectivity index (χ0n) is 12.7. The van der Waals surface area contributed by atoms with E-state index in [-0.39, 0.29) is 6.04 Å². The van der Waals surface area contributed by atoms with Crippen molar-refractivity contribution in [1.82, 2.24) is 15.4 Å². The van der Waals surface area contributed by atoms with E-state index in [1.54, 1.807) is 37.4 Å². The van der Waals surface area contributed by atoms with Crippen LogP contribution in [0.2, 0.25) is 0 Å². The lowest BCUT2D eigenvalue weighted by Gasteiger charge is -2.11. The minimum Gasteiger partial charge on any atom is -0.353 e. The quantitative estimate of drug-likeness (QED) is 0.397. The van der Waals surface area contributed by atoms with Crippen LogP contribution in [0.1, 0.15) is 18.4 Å². The van der Waals surface area contributed by atoms with Gasteiger partial charge in [-0.1, -0.05) is 18.2 Å². The molecular weight excluding hydrogens is 300 g/mol. The van der Waals surface area contributed by atoms with Crippen LogP contribution in [0.5, 0.6) is 0 Å². The molecule has 0 heterocycles. The van der Waals surface area contributed by atoms with Gasteiger partial charge in [0.2, 0.25) is 10.0 Å². The molecule has 0 radical (unpaired) electrons. The lowest BCUT2D eigenvalue weighted by Crippen LogP contribution is -2.36. The first-order valence-corrected chi connectivity index (χ1v) is 8.70. The molecule has 0 bridgehead atoms. The second-order valence-corrected chi connectivity index (χ2v) is 6.85. The molecule has 7 heteroatoms. The van der Waals surface area contributed by atoms with Crippen molar-refractivity contribution in [1.29, 1.82) is 0 Å². The van der Waals surface area contributed by atoms with E-state index in [4.69, 9.17) is 0 Å².